The molecule has 2 rings (SSSR count). The van der Waals surface area contributed by atoms with Gasteiger partial charge in [-0.15, -0.1) is 0 Å². The van der Waals surface area contributed by atoms with Crippen LogP contribution in [0.15, 0.2) is 30.3 Å². The number of rotatable bonds is 3. The van der Waals surface area contributed by atoms with E-state index >= 15 is 0 Å². The summed E-state index contributed by atoms with van der Waals surface area (Å²) in [5.41, 5.74) is 3.58. The van der Waals surface area contributed by atoms with E-state index in [1.807, 2.05) is 19.9 Å². The fourth-order valence-electron chi connectivity index (χ4n) is 2.24. The molecule has 0 aliphatic rings. The molecule has 0 saturated carbocycles. The summed E-state index contributed by atoms with van der Waals surface area (Å²) in [5, 5.41) is 29.1. The summed E-state index contributed by atoms with van der Waals surface area (Å²) in [6.07, 6.45) is 1.53. The molecule has 0 aromatic heterocycles. The molecule has 2 aromatic rings. The summed E-state index contributed by atoms with van der Waals surface area (Å²) in [5.74, 6) is -0.0111. The van der Waals surface area contributed by atoms with Gasteiger partial charge in [-0.25, -0.2) is 0 Å². The molecule has 3 heteroatoms. The minimum absolute atomic E-state index is 0.141. The Morgan fingerprint density at radius 2 is 1.53 bits per heavy atom. The third-order valence-corrected chi connectivity index (χ3v) is 3.33. The lowest BCUT2D eigenvalue weighted by molar-refractivity contribution is 0.404. The van der Waals surface area contributed by atoms with E-state index in [0.29, 0.717) is 6.42 Å². The Kier molecular flexibility index (Phi) is 3.65. The molecule has 0 spiro atoms. The fourth-order valence-corrected chi connectivity index (χ4v) is 2.24. The molecule has 100 valence electrons. The van der Waals surface area contributed by atoms with Crippen molar-refractivity contribution in [3.05, 3.63) is 41.5 Å². The second kappa shape index (κ2) is 5.22. The van der Waals surface area contributed by atoms with E-state index in [0.717, 1.165) is 28.7 Å². The van der Waals surface area contributed by atoms with Crippen LogP contribution in [0.25, 0.3) is 11.1 Å². The quantitative estimate of drug-likeness (QED) is 0.737. The maximum absolute atomic E-state index is 10.1. The minimum Gasteiger partial charge on any atom is -0.508 e. The summed E-state index contributed by atoms with van der Waals surface area (Å²) in [7, 11) is 0. The van der Waals surface area contributed by atoms with Gasteiger partial charge in [0.1, 0.15) is 5.75 Å². The van der Waals surface area contributed by atoms with Gasteiger partial charge in [-0.1, -0.05) is 26.0 Å². The first-order valence-electron chi connectivity index (χ1n) is 6.43. The van der Waals surface area contributed by atoms with Crippen molar-refractivity contribution < 1.29 is 15.3 Å². The summed E-state index contributed by atoms with van der Waals surface area (Å²) in [4.78, 5) is 0. The number of phenols is 3. The van der Waals surface area contributed by atoms with Gasteiger partial charge in [0.25, 0.3) is 0 Å². The molecule has 0 amide bonds. The highest BCUT2D eigenvalue weighted by atomic mass is 16.3. The van der Waals surface area contributed by atoms with Crippen LogP contribution in [-0.2, 0) is 12.8 Å². The van der Waals surface area contributed by atoms with Crippen LogP contribution in [0.1, 0.15) is 25.0 Å². The molecule has 0 saturated heterocycles. The Labute approximate surface area is 112 Å². The number of phenolic OH excluding ortho intramolecular Hbond substituents is 3. The zero-order valence-corrected chi connectivity index (χ0v) is 11.1. The number of hydrogen-bond acceptors (Lipinski definition) is 3. The molecule has 19 heavy (non-hydrogen) atoms. The zero-order valence-electron chi connectivity index (χ0n) is 11.1. The van der Waals surface area contributed by atoms with Crippen molar-refractivity contribution in [1.29, 1.82) is 0 Å². The van der Waals surface area contributed by atoms with Crippen molar-refractivity contribution in [2.45, 2.75) is 26.7 Å². The molecule has 3 nitrogen and oxygen atoms in total. The lowest BCUT2D eigenvalue weighted by atomic mass is 9.94. The highest BCUT2D eigenvalue weighted by Crippen LogP contribution is 2.36. The highest BCUT2D eigenvalue weighted by molar-refractivity contribution is 5.73. The van der Waals surface area contributed by atoms with Crippen LogP contribution in [0, 0.1) is 0 Å². The molecular formula is C16H18O3. The second-order valence-corrected chi connectivity index (χ2v) is 4.55. The molecule has 0 bridgehead atoms. The van der Waals surface area contributed by atoms with Crippen molar-refractivity contribution in [3.8, 4) is 28.4 Å². The van der Waals surface area contributed by atoms with E-state index < -0.39 is 0 Å². The van der Waals surface area contributed by atoms with Crippen molar-refractivity contribution in [2.75, 3.05) is 0 Å². The molecular weight excluding hydrogens is 240 g/mol. The van der Waals surface area contributed by atoms with Gasteiger partial charge in [0, 0.05) is 5.56 Å². The first-order chi connectivity index (χ1) is 9.06. The Balaban J connectivity index is 2.65. The second-order valence-electron chi connectivity index (χ2n) is 4.55. The van der Waals surface area contributed by atoms with Gasteiger partial charge in [0.15, 0.2) is 11.5 Å². The summed E-state index contributed by atoms with van der Waals surface area (Å²) >= 11 is 0. The van der Waals surface area contributed by atoms with Gasteiger partial charge >= 0.3 is 0 Å². The van der Waals surface area contributed by atoms with Crippen LogP contribution in [0.5, 0.6) is 17.2 Å². The maximum atomic E-state index is 10.1. The largest absolute Gasteiger partial charge is 0.508 e. The van der Waals surface area contributed by atoms with E-state index in [9.17, 15) is 15.3 Å². The SMILES string of the molecule is CCc1cc(O)c(CC)c(-c2ccc(O)c(O)c2)c1. The third-order valence-electron chi connectivity index (χ3n) is 3.33. The molecule has 3 N–H and O–H groups in total. The van der Waals surface area contributed by atoms with E-state index in [-0.39, 0.29) is 17.2 Å². The topological polar surface area (TPSA) is 60.7 Å². The zero-order chi connectivity index (χ0) is 14.0. The molecule has 0 unspecified atom stereocenters. The lowest BCUT2D eigenvalue weighted by Crippen LogP contribution is -1.92. The van der Waals surface area contributed by atoms with Crippen LogP contribution in [0.4, 0.5) is 0 Å². The van der Waals surface area contributed by atoms with Gasteiger partial charge < -0.3 is 15.3 Å². The molecule has 0 heterocycles. The molecule has 0 fully saturated rings. The average molecular weight is 258 g/mol. The number of aryl methyl sites for hydroxylation is 1. The van der Waals surface area contributed by atoms with Crippen LogP contribution in [0.2, 0.25) is 0 Å². The minimum atomic E-state index is -0.152. The van der Waals surface area contributed by atoms with Crippen molar-refractivity contribution in [2.24, 2.45) is 0 Å². The monoisotopic (exact) mass is 258 g/mol. The Morgan fingerprint density at radius 3 is 2.11 bits per heavy atom. The molecule has 0 aliphatic carbocycles. The predicted octanol–water partition coefficient (Wildman–Crippen LogP) is 3.60. The summed E-state index contributed by atoms with van der Waals surface area (Å²) in [6, 6.07) is 8.51. The number of benzene rings is 2. The smallest absolute Gasteiger partial charge is 0.158 e. The van der Waals surface area contributed by atoms with E-state index in [1.54, 1.807) is 12.1 Å². The Hall–Kier alpha value is -2.16. The van der Waals surface area contributed by atoms with E-state index in [4.69, 9.17) is 0 Å². The lowest BCUT2D eigenvalue weighted by Gasteiger charge is -2.13. The first kappa shape index (κ1) is 13.3. The van der Waals surface area contributed by atoms with Gasteiger partial charge in [-0.2, -0.15) is 0 Å². The van der Waals surface area contributed by atoms with Crippen molar-refractivity contribution in [1.82, 2.24) is 0 Å². The standard InChI is InChI=1S/C16H18O3/c1-3-10-7-13(12(4-2)15(18)8-10)11-5-6-14(17)16(19)9-11/h5-9,17-19H,3-4H2,1-2H3. The molecule has 0 aliphatic heterocycles. The maximum Gasteiger partial charge on any atom is 0.158 e. The van der Waals surface area contributed by atoms with Crippen molar-refractivity contribution in [3.63, 3.8) is 0 Å². The van der Waals surface area contributed by atoms with Crippen LogP contribution in [-0.4, -0.2) is 15.3 Å². The van der Waals surface area contributed by atoms with E-state index in [1.165, 1.54) is 12.1 Å². The van der Waals surface area contributed by atoms with Crippen molar-refractivity contribution >= 4 is 0 Å². The number of hydrogen-bond donors (Lipinski definition) is 3. The van der Waals surface area contributed by atoms with E-state index in [2.05, 4.69) is 0 Å². The fraction of sp³-hybridized carbons (Fsp3) is 0.250. The van der Waals surface area contributed by atoms with Gasteiger partial charge in [-0.3, -0.25) is 0 Å². The van der Waals surface area contributed by atoms with Crippen LogP contribution < -0.4 is 0 Å². The highest BCUT2D eigenvalue weighted by Gasteiger charge is 2.12. The molecule has 0 atom stereocenters. The summed E-state index contributed by atoms with van der Waals surface area (Å²) in [6.45, 7) is 4.00. The molecule has 2 aromatic carbocycles. The van der Waals surface area contributed by atoms with Crippen LogP contribution in [0.3, 0.4) is 0 Å². The first-order valence-corrected chi connectivity index (χ1v) is 6.43. The van der Waals surface area contributed by atoms with Crippen LogP contribution >= 0.6 is 0 Å². The van der Waals surface area contributed by atoms with Gasteiger partial charge in [0.2, 0.25) is 0 Å². The van der Waals surface area contributed by atoms with Gasteiger partial charge in [0.05, 0.1) is 0 Å². The Morgan fingerprint density at radius 1 is 0.789 bits per heavy atom. The van der Waals surface area contributed by atoms with Gasteiger partial charge in [-0.05, 0) is 47.7 Å². The normalized spacial score (nSPS) is 10.6. The summed E-state index contributed by atoms with van der Waals surface area (Å²) < 4.78 is 0. The Bertz CT molecular complexity index is 603. The molecule has 0 radical (unpaired) electrons. The third kappa shape index (κ3) is 2.50. The average Bonchev–Trinajstić information content (AvgIpc) is 2.41. The number of aromatic hydroxyl groups is 3. The predicted molar refractivity (Wildman–Crippen MR) is 75.6 cm³/mol.